The van der Waals surface area contributed by atoms with Crippen molar-refractivity contribution in [1.82, 2.24) is 0 Å². The molecule has 0 amide bonds. The van der Waals surface area contributed by atoms with Gasteiger partial charge in [0.15, 0.2) is 0 Å². The number of hydrogen-bond acceptors (Lipinski definition) is 2. The normalized spacial score (nSPS) is 20.2. The maximum absolute atomic E-state index is 11.1. The van der Waals surface area contributed by atoms with Gasteiger partial charge < -0.3 is 10.2 Å². The maximum Gasteiger partial charge on any atom is 0.328 e. The van der Waals surface area contributed by atoms with Crippen LogP contribution in [-0.2, 0) is 9.59 Å². The Hall–Kier alpha value is -2.36. The second-order valence-corrected chi connectivity index (χ2v) is 4.12. The summed E-state index contributed by atoms with van der Waals surface area (Å²) in [5, 5.41) is 18.1. The SMILES string of the molecule is O=C(O)C1(C(=O)O)C=CC(=C2C=CC=CC2)C=C1. The van der Waals surface area contributed by atoms with Gasteiger partial charge in [-0.15, -0.1) is 0 Å². The summed E-state index contributed by atoms with van der Waals surface area (Å²) < 4.78 is 0. The number of rotatable bonds is 2. The summed E-state index contributed by atoms with van der Waals surface area (Å²) in [6.07, 6.45) is 14.0. The second-order valence-electron chi connectivity index (χ2n) is 4.12. The fourth-order valence-electron chi connectivity index (χ4n) is 1.87. The zero-order chi connectivity index (χ0) is 13.2. The van der Waals surface area contributed by atoms with Crippen LogP contribution in [0, 0.1) is 5.41 Å². The predicted molar refractivity (Wildman–Crippen MR) is 65.9 cm³/mol. The second kappa shape index (κ2) is 4.49. The molecule has 92 valence electrons. The number of carboxylic acids is 2. The van der Waals surface area contributed by atoms with Crippen molar-refractivity contribution in [2.75, 3.05) is 0 Å². The topological polar surface area (TPSA) is 74.6 Å². The minimum atomic E-state index is -1.95. The number of hydrogen-bond donors (Lipinski definition) is 2. The third-order valence-electron chi connectivity index (χ3n) is 3.01. The molecule has 0 aliphatic heterocycles. The third-order valence-corrected chi connectivity index (χ3v) is 3.01. The average molecular weight is 244 g/mol. The first-order valence-electron chi connectivity index (χ1n) is 5.48. The molecule has 0 unspecified atom stereocenters. The van der Waals surface area contributed by atoms with Gasteiger partial charge in [0.1, 0.15) is 0 Å². The number of carboxylic acid groups (broad SMARTS) is 2. The van der Waals surface area contributed by atoms with Crippen LogP contribution >= 0.6 is 0 Å². The van der Waals surface area contributed by atoms with Crippen LogP contribution in [0.15, 0.2) is 59.8 Å². The van der Waals surface area contributed by atoms with E-state index < -0.39 is 17.4 Å². The largest absolute Gasteiger partial charge is 0.480 e. The minimum Gasteiger partial charge on any atom is -0.480 e. The number of carbonyl (C=O) groups is 2. The van der Waals surface area contributed by atoms with Crippen LogP contribution in [0.3, 0.4) is 0 Å². The molecule has 0 heterocycles. The summed E-state index contributed by atoms with van der Waals surface area (Å²) in [4.78, 5) is 22.2. The van der Waals surface area contributed by atoms with E-state index in [2.05, 4.69) is 0 Å². The smallest absolute Gasteiger partial charge is 0.328 e. The maximum atomic E-state index is 11.1. The molecule has 2 aliphatic carbocycles. The van der Waals surface area contributed by atoms with E-state index in [-0.39, 0.29) is 0 Å². The highest BCUT2D eigenvalue weighted by Gasteiger charge is 2.42. The Kier molecular flexibility index (Phi) is 3.02. The molecule has 0 saturated carbocycles. The molecule has 2 N–H and O–H groups in total. The van der Waals surface area contributed by atoms with Crippen molar-refractivity contribution in [1.29, 1.82) is 0 Å². The molecule has 0 aromatic carbocycles. The molecule has 2 aliphatic rings. The molecule has 0 saturated heterocycles. The lowest BCUT2D eigenvalue weighted by Gasteiger charge is -2.20. The molecule has 0 atom stereocenters. The summed E-state index contributed by atoms with van der Waals surface area (Å²) in [6, 6.07) is 0. The molecule has 0 aromatic heterocycles. The van der Waals surface area contributed by atoms with Crippen molar-refractivity contribution in [3.63, 3.8) is 0 Å². The monoisotopic (exact) mass is 244 g/mol. The van der Waals surface area contributed by atoms with Gasteiger partial charge in [0.2, 0.25) is 5.41 Å². The van der Waals surface area contributed by atoms with Crippen molar-refractivity contribution in [3.05, 3.63) is 59.8 Å². The van der Waals surface area contributed by atoms with Gasteiger partial charge in [-0.3, -0.25) is 9.59 Å². The van der Waals surface area contributed by atoms with Crippen molar-refractivity contribution in [2.45, 2.75) is 6.42 Å². The molecule has 4 heteroatoms. The van der Waals surface area contributed by atoms with Crippen LogP contribution in [-0.4, -0.2) is 22.2 Å². The first-order chi connectivity index (χ1) is 8.56. The highest BCUT2D eigenvalue weighted by molar-refractivity contribution is 6.03. The van der Waals surface area contributed by atoms with Gasteiger partial charge in [-0.2, -0.15) is 0 Å². The van der Waals surface area contributed by atoms with Gasteiger partial charge in [0.05, 0.1) is 0 Å². The summed E-state index contributed by atoms with van der Waals surface area (Å²) in [5.74, 6) is -2.77. The van der Waals surface area contributed by atoms with Crippen LogP contribution in [0.2, 0.25) is 0 Å². The van der Waals surface area contributed by atoms with Gasteiger partial charge >= 0.3 is 11.9 Å². The quantitative estimate of drug-likeness (QED) is 0.729. The highest BCUT2D eigenvalue weighted by Crippen LogP contribution is 2.30. The van der Waals surface area contributed by atoms with E-state index in [1.807, 2.05) is 24.3 Å². The standard InChI is InChI=1S/C14H12O4/c15-12(16)14(13(17)18)8-6-11(7-9-14)10-4-2-1-3-5-10/h1-4,6-9H,5H2,(H,15,16)(H,17,18). The fraction of sp³-hybridized carbons (Fsp3) is 0.143. The summed E-state index contributed by atoms with van der Waals surface area (Å²) in [7, 11) is 0. The van der Waals surface area contributed by atoms with Crippen molar-refractivity contribution >= 4 is 11.9 Å². The zero-order valence-corrected chi connectivity index (χ0v) is 9.54. The van der Waals surface area contributed by atoms with Gasteiger partial charge in [-0.1, -0.05) is 48.6 Å². The van der Waals surface area contributed by atoms with Gasteiger partial charge in [0, 0.05) is 0 Å². The van der Waals surface area contributed by atoms with Crippen molar-refractivity contribution in [3.8, 4) is 0 Å². The van der Waals surface area contributed by atoms with Crippen LogP contribution in [0.1, 0.15) is 6.42 Å². The lowest BCUT2D eigenvalue weighted by atomic mass is 9.82. The van der Waals surface area contributed by atoms with E-state index in [0.717, 1.165) is 17.6 Å². The lowest BCUT2D eigenvalue weighted by molar-refractivity contribution is -0.157. The van der Waals surface area contributed by atoms with E-state index in [1.54, 1.807) is 12.2 Å². The molecular weight excluding hydrogens is 232 g/mol. The highest BCUT2D eigenvalue weighted by atomic mass is 16.4. The Balaban J connectivity index is 2.36. The molecule has 18 heavy (non-hydrogen) atoms. The molecule has 0 aromatic rings. The van der Waals surface area contributed by atoms with E-state index in [1.165, 1.54) is 12.2 Å². The van der Waals surface area contributed by atoms with Crippen LogP contribution in [0.4, 0.5) is 0 Å². The number of aliphatic carboxylic acids is 2. The Morgan fingerprint density at radius 1 is 1.00 bits per heavy atom. The van der Waals surface area contributed by atoms with Gasteiger partial charge in [0.25, 0.3) is 0 Å². The zero-order valence-electron chi connectivity index (χ0n) is 9.54. The van der Waals surface area contributed by atoms with Crippen LogP contribution < -0.4 is 0 Å². The molecule has 2 rings (SSSR count). The van der Waals surface area contributed by atoms with Crippen molar-refractivity contribution in [2.24, 2.45) is 5.41 Å². The summed E-state index contributed by atoms with van der Waals surface area (Å²) >= 11 is 0. The Morgan fingerprint density at radius 3 is 2.06 bits per heavy atom. The molecule has 0 radical (unpaired) electrons. The van der Waals surface area contributed by atoms with Gasteiger partial charge in [-0.05, 0) is 17.6 Å². The molecule has 4 nitrogen and oxygen atoms in total. The first-order valence-corrected chi connectivity index (χ1v) is 5.48. The first kappa shape index (κ1) is 12.1. The third kappa shape index (κ3) is 1.93. The number of allylic oxidation sites excluding steroid dienone is 8. The Labute approximate surface area is 104 Å². The minimum absolute atomic E-state index is 0.758. The van der Waals surface area contributed by atoms with E-state index in [4.69, 9.17) is 10.2 Å². The fourth-order valence-corrected chi connectivity index (χ4v) is 1.87. The Morgan fingerprint density at radius 2 is 1.61 bits per heavy atom. The van der Waals surface area contributed by atoms with E-state index in [0.29, 0.717) is 0 Å². The van der Waals surface area contributed by atoms with Gasteiger partial charge in [-0.25, -0.2) is 0 Å². The average Bonchev–Trinajstić information content (AvgIpc) is 2.39. The lowest BCUT2D eigenvalue weighted by Crippen LogP contribution is -2.36. The van der Waals surface area contributed by atoms with E-state index in [9.17, 15) is 9.59 Å². The molecule has 0 bridgehead atoms. The van der Waals surface area contributed by atoms with Crippen LogP contribution in [0.5, 0.6) is 0 Å². The summed E-state index contributed by atoms with van der Waals surface area (Å²) in [5.41, 5.74) is -0.0683. The van der Waals surface area contributed by atoms with Crippen LogP contribution in [0.25, 0.3) is 0 Å². The molecular formula is C14H12O4. The predicted octanol–water partition coefficient (Wildman–Crippen LogP) is 2.08. The molecule has 0 fully saturated rings. The van der Waals surface area contributed by atoms with Crippen molar-refractivity contribution < 1.29 is 19.8 Å². The molecule has 0 spiro atoms. The van der Waals surface area contributed by atoms with E-state index >= 15 is 0 Å². The summed E-state index contributed by atoms with van der Waals surface area (Å²) in [6.45, 7) is 0. The Bertz CT molecular complexity index is 512.